The minimum Gasteiger partial charge on any atom is -0.325 e. The number of nitrogens with one attached hydrogen (secondary N) is 1. The average Bonchev–Trinajstić information content (AvgIpc) is 3.07. The summed E-state index contributed by atoms with van der Waals surface area (Å²) in [6.07, 6.45) is 2.90. The Kier molecular flexibility index (Phi) is 4.90. The predicted molar refractivity (Wildman–Crippen MR) is 109 cm³/mol. The second-order valence-corrected chi connectivity index (χ2v) is 6.64. The Hall–Kier alpha value is -3.11. The van der Waals surface area contributed by atoms with Gasteiger partial charge < -0.3 is 9.72 Å². The van der Waals surface area contributed by atoms with Crippen molar-refractivity contribution in [3.63, 3.8) is 0 Å². The first kappa shape index (κ1) is 17.3. The van der Waals surface area contributed by atoms with Crippen molar-refractivity contribution in [1.29, 1.82) is 0 Å². The van der Waals surface area contributed by atoms with Gasteiger partial charge in [-0.15, -0.1) is 0 Å². The van der Waals surface area contributed by atoms with Crippen LogP contribution in [0.2, 0.25) is 5.02 Å². The molecule has 5 heteroatoms. The van der Waals surface area contributed by atoms with E-state index in [1.54, 1.807) is 12.1 Å². The monoisotopic (exact) mass is 375 g/mol. The lowest BCUT2D eigenvalue weighted by Gasteiger charge is -2.08. The lowest BCUT2D eigenvalue weighted by molar-refractivity contribution is -0.116. The predicted octanol–water partition coefficient (Wildman–Crippen LogP) is 5.23. The smallest absolute Gasteiger partial charge is 0.224 e. The van der Waals surface area contributed by atoms with Crippen LogP contribution in [-0.2, 0) is 11.2 Å². The maximum atomic E-state index is 12.4. The van der Waals surface area contributed by atoms with Crippen LogP contribution in [0.25, 0.3) is 16.9 Å². The summed E-state index contributed by atoms with van der Waals surface area (Å²) in [7, 11) is 0. The molecule has 4 aromatic rings. The molecule has 2 aromatic carbocycles. The third-order valence-corrected chi connectivity index (χ3v) is 4.74. The number of fused-ring (bicyclic) bond motifs is 1. The Labute approximate surface area is 162 Å². The van der Waals surface area contributed by atoms with Crippen molar-refractivity contribution in [2.24, 2.45) is 0 Å². The van der Waals surface area contributed by atoms with E-state index >= 15 is 0 Å². The number of hydrogen-bond donors (Lipinski definition) is 1. The normalized spacial score (nSPS) is 10.9. The largest absolute Gasteiger partial charge is 0.325 e. The number of nitrogens with zero attached hydrogens (tertiary/aromatic N) is 2. The minimum absolute atomic E-state index is 0.0759. The van der Waals surface area contributed by atoms with Gasteiger partial charge >= 0.3 is 0 Å². The molecule has 1 N–H and O–H groups in total. The molecule has 1 amide bonds. The van der Waals surface area contributed by atoms with E-state index in [2.05, 4.69) is 5.32 Å². The lowest BCUT2D eigenvalue weighted by atomic mass is 10.1. The summed E-state index contributed by atoms with van der Waals surface area (Å²) in [5.74, 6) is -0.0759. The van der Waals surface area contributed by atoms with Crippen molar-refractivity contribution in [1.82, 2.24) is 9.38 Å². The van der Waals surface area contributed by atoms with Gasteiger partial charge in [0.25, 0.3) is 0 Å². The highest BCUT2D eigenvalue weighted by molar-refractivity contribution is 6.33. The number of imidazole rings is 1. The Morgan fingerprint density at radius 1 is 0.963 bits per heavy atom. The fourth-order valence-electron chi connectivity index (χ4n) is 3.12. The third kappa shape index (κ3) is 3.71. The zero-order chi connectivity index (χ0) is 18.6. The summed E-state index contributed by atoms with van der Waals surface area (Å²) >= 11 is 6.12. The summed E-state index contributed by atoms with van der Waals surface area (Å²) in [6.45, 7) is 0. The van der Waals surface area contributed by atoms with Gasteiger partial charge in [-0.3, -0.25) is 4.79 Å². The van der Waals surface area contributed by atoms with Gasteiger partial charge in [-0.05, 0) is 30.7 Å². The van der Waals surface area contributed by atoms with E-state index in [0.717, 1.165) is 22.6 Å². The van der Waals surface area contributed by atoms with Gasteiger partial charge in [0.2, 0.25) is 5.91 Å². The molecule has 134 valence electrons. The molecule has 0 bridgehead atoms. The highest BCUT2D eigenvalue weighted by Crippen LogP contribution is 2.26. The number of aromatic nitrogens is 2. The Balaban J connectivity index is 1.60. The van der Waals surface area contributed by atoms with Gasteiger partial charge in [0.15, 0.2) is 0 Å². The maximum Gasteiger partial charge on any atom is 0.224 e. The summed E-state index contributed by atoms with van der Waals surface area (Å²) < 4.78 is 2.05. The van der Waals surface area contributed by atoms with Crippen LogP contribution >= 0.6 is 11.6 Å². The van der Waals surface area contributed by atoms with Gasteiger partial charge in [0.1, 0.15) is 5.65 Å². The van der Waals surface area contributed by atoms with Gasteiger partial charge in [-0.1, -0.05) is 60.1 Å². The number of para-hydroxylation sites is 1. The van der Waals surface area contributed by atoms with Crippen molar-refractivity contribution in [2.45, 2.75) is 12.8 Å². The number of anilines is 1. The Bertz CT molecular complexity index is 1090. The van der Waals surface area contributed by atoms with Crippen molar-refractivity contribution >= 4 is 28.8 Å². The second-order valence-electron chi connectivity index (χ2n) is 6.23. The first-order valence-electron chi connectivity index (χ1n) is 8.78. The van der Waals surface area contributed by atoms with Crippen LogP contribution in [-0.4, -0.2) is 15.3 Å². The Morgan fingerprint density at radius 3 is 2.52 bits per heavy atom. The topological polar surface area (TPSA) is 46.4 Å². The number of aryl methyl sites for hydroxylation is 1. The molecule has 0 saturated carbocycles. The lowest BCUT2D eigenvalue weighted by Crippen LogP contribution is -2.13. The number of rotatable bonds is 5. The third-order valence-electron chi connectivity index (χ3n) is 4.41. The van der Waals surface area contributed by atoms with Gasteiger partial charge in [0, 0.05) is 18.2 Å². The van der Waals surface area contributed by atoms with E-state index in [-0.39, 0.29) is 5.91 Å². The maximum absolute atomic E-state index is 12.4. The highest BCUT2D eigenvalue weighted by Gasteiger charge is 2.15. The molecule has 2 aromatic heterocycles. The van der Waals surface area contributed by atoms with Gasteiger partial charge in [-0.2, -0.15) is 0 Å². The summed E-state index contributed by atoms with van der Waals surface area (Å²) in [5.41, 5.74) is 4.48. The number of halogens is 1. The zero-order valence-corrected chi connectivity index (χ0v) is 15.4. The second kappa shape index (κ2) is 7.64. The fourth-order valence-corrected chi connectivity index (χ4v) is 3.30. The van der Waals surface area contributed by atoms with E-state index < -0.39 is 0 Å². The molecule has 0 aliphatic heterocycles. The van der Waals surface area contributed by atoms with Crippen LogP contribution in [0.1, 0.15) is 12.1 Å². The summed E-state index contributed by atoms with van der Waals surface area (Å²) in [5, 5.41) is 3.41. The molecule has 2 heterocycles. The molecule has 0 aliphatic carbocycles. The van der Waals surface area contributed by atoms with Crippen molar-refractivity contribution in [2.75, 3.05) is 5.32 Å². The van der Waals surface area contributed by atoms with Crippen molar-refractivity contribution in [3.8, 4) is 11.3 Å². The molecule has 27 heavy (non-hydrogen) atoms. The standard InChI is InChI=1S/C22H18ClN3O/c23-17-10-4-5-11-18(17)24-21(27)14-13-19-22(16-8-2-1-3-9-16)25-20-12-6-7-15-26(19)20/h1-12,15H,13-14H2,(H,24,27). The fraction of sp³-hybridized carbons (Fsp3) is 0.0909. The molecular weight excluding hydrogens is 358 g/mol. The summed E-state index contributed by atoms with van der Waals surface area (Å²) in [4.78, 5) is 17.2. The Morgan fingerprint density at radius 2 is 1.70 bits per heavy atom. The average molecular weight is 376 g/mol. The number of pyridine rings is 1. The first-order chi connectivity index (χ1) is 13.2. The van der Waals surface area contributed by atoms with Crippen molar-refractivity contribution < 1.29 is 4.79 Å². The van der Waals surface area contributed by atoms with E-state index in [1.165, 1.54) is 0 Å². The van der Waals surface area contributed by atoms with E-state index in [0.29, 0.717) is 23.6 Å². The molecule has 4 rings (SSSR count). The molecule has 0 fully saturated rings. The number of carbonyl (C=O) groups excluding carboxylic acids is 1. The molecule has 4 nitrogen and oxygen atoms in total. The minimum atomic E-state index is -0.0759. The van der Waals surface area contributed by atoms with E-state index in [9.17, 15) is 4.79 Å². The number of carbonyl (C=O) groups is 1. The van der Waals surface area contributed by atoms with E-state index in [4.69, 9.17) is 16.6 Å². The molecule has 0 aliphatic rings. The molecule has 0 atom stereocenters. The number of benzene rings is 2. The van der Waals surface area contributed by atoms with Crippen LogP contribution in [0.3, 0.4) is 0 Å². The van der Waals surface area contributed by atoms with Gasteiger partial charge in [-0.25, -0.2) is 4.98 Å². The van der Waals surface area contributed by atoms with E-state index in [1.807, 2.05) is 71.3 Å². The number of amides is 1. The molecule has 0 spiro atoms. The van der Waals surface area contributed by atoms with Crippen LogP contribution in [0.15, 0.2) is 79.0 Å². The highest BCUT2D eigenvalue weighted by atomic mass is 35.5. The molecule has 0 saturated heterocycles. The molecule has 0 unspecified atom stereocenters. The quantitative estimate of drug-likeness (QED) is 0.519. The van der Waals surface area contributed by atoms with Crippen LogP contribution in [0, 0.1) is 0 Å². The summed E-state index contributed by atoms with van der Waals surface area (Å²) in [6, 6.07) is 23.2. The molecular formula is C22H18ClN3O. The zero-order valence-electron chi connectivity index (χ0n) is 14.6. The molecule has 0 radical (unpaired) electrons. The van der Waals surface area contributed by atoms with Crippen LogP contribution in [0.4, 0.5) is 5.69 Å². The van der Waals surface area contributed by atoms with Gasteiger partial charge in [0.05, 0.1) is 22.1 Å². The van der Waals surface area contributed by atoms with Crippen molar-refractivity contribution in [3.05, 3.63) is 89.7 Å². The van der Waals surface area contributed by atoms with Crippen LogP contribution < -0.4 is 5.32 Å². The first-order valence-corrected chi connectivity index (χ1v) is 9.16. The van der Waals surface area contributed by atoms with Crippen LogP contribution in [0.5, 0.6) is 0 Å². The SMILES string of the molecule is O=C(CCc1c(-c2ccccc2)nc2ccccn12)Nc1ccccc1Cl. The number of hydrogen-bond acceptors (Lipinski definition) is 2.